The van der Waals surface area contributed by atoms with Crippen molar-refractivity contribution in [3.63, 3.8) is 0 Å². The van der Waals surface area contributed by atoms with Crippen LogP contribution in [0, 0.1) is 0 Å². The van der Waals surface area contributed by atoms with Crippen LogP contribution >= 0.6 is 0 Å². The second-order valence-corrected chi connectivity index (χ2v) is 6.48. The number of ether oxygens (including phenoxy) is 1. The van der Waals surface area contributed by atoms with E-state index in [0.29, 0.717) is 25.2 Å². The maximum atomic E-state index is 12.4. The number of nitrogens with one attached hydrogen (secondary N) is 2. The minimum atomic E-state index is -0.238. The molecule has 0 saturated carbocycles. The normalized spacial score (nSPS) is 14.5. The quantitative estimate of drug-likeness (QED) is 0.849. The fraction of sp³-hybridized carbons (Fsp3) is 0.350. The molecule has 2 N–H and O–H groups in total. The number of amides is 3. The predicted octanol–water partition coefficient (Wildman–Crippen LogP) is 2.45. The smallest absolute Gasteiger partial charge is 0.319 e. The molecule has 0 unspecified atom stereocenters. The lowest BCUT2D eigenvalue weighted by Gasteiger charge is -2.32. The molecule has 7 heteroatoms. The van der Waals surface area contributed by atoms with Crippen LogP contribution in [0.3, 0.4) is 0 Å². The van der Waals surface area contributed by atoms with Gasteiger partial charge in [-0.05, 0) is 49.2 Å². The number of methoxy groups -OCH3 is 1. The molecular weight excluding hydrogens is 344 g/mol. The van der Waals surface area contributed by atoms with Gasteiger partial charge >= 0.3 is 6.03 Å². The van der Waals surface area contributed by atoms with E-state index >= 15 is 0 Å². The summed E-state index contributed by atoms with van der Waals surface area (Å²) in [5, 5.41) is 5.79. The molecule has 2 aromatic rings. The Balaban J connectivity index is 1.42. The maximum absolute atomic E-state index is 12.4. The number of pyridine rings is 1. The van der Waals surface area contributed by atoms with Crippen LogP contribution in [0.4, 0.5) is 10.5 Å². The standard InChI is InChI=1S/C20H24N4O3/c1-27-18-7-5-15(6-8-18)22-20(26)23-16-9-12-24(13-10-16)19(25)14-17-4-2-3-11-21-17/h2-8,11,16H,9-10,12-14H2,1H3,(H2,22,23,26). The number of carbonyl (C=O) groups is 2. The third-order valence-corrected chi connectivity index (χ3v) is 4.59. The van der Waals surface area contributed by atoms with Crippen LogP contribution in [0.5, 0.6) is 5.75 Å². The molecule has 0 aliphatic carbocycles. The number of aromatic nitrogens is 1. The van der Waals surface area contributed by atoms with Gasteiger partial charge in [-0.1, -0.05) is 6.07 Å². The maximum Gasteiger partial charge on any atom is 0.319 e. The number of hydrogen-bond donors (Lipinski definition) is 2. The largest absolute Gasteiger partial charge is 0.497 e. The number of benzene rings is 1. The van der Waals surface area contributed by atoms with E-state index in [4.69, 9.17) is 4.74 Å². The lowest BCUT2D eigenvalue weighted by molar-refractivity contribution is -0.131. The van der Waals surface area contributed by atoms with E-state index in [1.165, 1.54) is 0 Å². The SMILES string of the molecule is COc1ccc(NC(=O)NC2CCN(C(=O)Cc3ccccn3)CC2)cc1. The van der Waals surface area contributed by atoms with E-state index in [1.807, 2.05) is 23.1 Å². The fourth-order valence-electron chi connectivity index (χ4n) is 3.07. The van der Waals surface area contributed by atoms with E-state index in [9.17, 15) is 9.59 Å². The summed E-state index contributed by atoms with van der Waals surface area (Å²) in [6.07, 6.45) is 3.49. The monoisotopic (exact) mass is 368 g/mol. The van der Waals surface area contributed by atoms with Crippen LogP contribution in [-0.2, 0) is 11.2 Å². The number of anilines is 1. The van der Waals surface area contributed by atoms with Crippen LogP contribution in [0.25, 0.3) is 0 Å². The first kappa shape index (κ1) is 18.7. The van der Waals surface area contributed by atoms with Crippen LogP contribution in [0.2, 0.25) is 0 Å². The van der Waals surface area contributed by atoms with E-state index in [1.54, 1.807) is 37.6 Å². The molecular formula is C20H24N4O3. The summed E-state index contributed by atoms with van der Waals surface area (Å²) in [6, 6.07) is 12.6. The Morgan fingerprint density at radius 1 is 1.15 bits per heavy atom. The van der Waals surface area contributed by atoms with Gasteiger partial charge in [0.25, 0.3) is 0 Å². The number of hydrogen-bond acceptors (Lipinski definition) is 4. The first-order valence-corrected chi connectivity index (χ1v) is 9.03. The van der Waals surface area contributed by atoms with Crippen molar-refractivity contribution in [1.82, 2.24) is 15.2 Å². The average Bonchev–Trinajstić information content (AvgIpc) is 2.70. The lowest BCUT2D eigenvalue weighted by Crippen LogP contribution is -2.47. The molecule has 2 heterocycles. The Morgan fingerprint density at radius 3 is 2.52 bits per heavy atom. The molecule has 27 heavy (non-hydrogen) atoms. The van der Waals surface area contributed by atoms with Crippen molar-refractivity contribution in [1.29, 1.82) is 0 Å². The highest BCUT2D eigenvalue weighted by Crippen LogP contribution is 2.16. The van der Waals surface area contributed by atoms with Crippen LogP contribution in [-0.4, -0.2) is 48.1 Å². The van der Waals surface area contributed by atoms with Crippen molar-refractivity contribution in [2.75, 3.05) is 25.5 Å². The minimum Gasteiger partial charge on any atom is -0.497 e. The number of likely N-dealkylation sites (tertiary alicyclic amines) is 1. The van der Waals surface area contributed by atoms with Crippen molar-refractivity contribution in [2.24, 2.45) is 0 Å². The Bertz CT molecular complexity index is 757. The molecule has 1 aliphatic heterocycles. The second-order valence-electron chi connectivity index (χ2n) is 6.48. The summed E-state index contributed by atoms with van der Waals surface area (Å²) in [6.45, 7) is 1.28. The molecule has 0 spiro atoms. The molecule has 1 fully saturated rings. The molecule has 7 nitrogen and oxygen atoms in total. The highest BCUT2D eigenvalue weighted by Gasteiger charge is 2.24. The molecule has 1 saturated heterocycles. The zero-order valence-corrected chi connectivity index (χ0v) is 15.4. The molecule has 0 bridgehead atoms. The first-order chi connectivity index (χ1) is 13.1. The number of piperidine rings is 1. The number of urea groups is 1. The number of carbonyl (C=O) groups excluding carboxylic acids is 2. The van der Waals surface area contributed by atoms with Crippen molar-refractivity contribution in [2.45, 2.75) is 25.3 Å². The van der Waals surface area contributed by atoms with E-state index < -0.39 is 0 Å². The van der Waals surface area contributed by atoms with Gasteiger partial charge in [0.2, 0.25) is 5.91 Å². The van der Waals surface area contributed by atoms with Crippen molar-refractivity contribution >= 4 is 17.6 Å². The third kappa shape index (κ3) is 5.44. The minimum absolute atomic E-state index is 0.0575. The molecule has 0 radical (unpaired) electrons. The van der Waals surface area contributed by atoms with Gasteiger partial charge in [0.05, 0.1) is 13.5 Å². The number of rotatable bonds is 5. The fourth-order valence-corrected chi connectivity index (χ4v) is 3.07. The molecule has 1 aromatic carbocycles. The molecule has 0 atom stereocenters. The third-order valence-electron chi connectivity index (χ3n) is 4.59. The van der Waals surface area contributed by atoms with E-state index in [-0.39, 0.29) is 18.0 Å². The van der Waals surface area contributed by atoms with E-state index in [0.717, 1.165) is 24.3 Å². The summed E-state index contributed by atoms with van der Waals surface area (Å²) < 4.78 is 5.10. The molecule has 1 aliphatic rings. The zero-order valence-electron chi connectivity index (χ0n) is 15.4. The van der Waals surface area contributed by atoms with Gasteiger partial charge in [-0.25, -0.2) is 4.79 Å². The van der Waals surface area contributed by atoms with Gasteiger partial charge < -0.3 is 20.3 Å². The molecule has 3 rings (SSSR count). The van der Waals surface area contributed by atoms with Gasteiger partial charge in [-0.3, -0.25) is 9.78 Å². The Morgan fingerprint density at radius 2 is 1.89 bits per heavy atom. The van der Waals surface area contributed by atoms with Crippen LogP contribution in [0.1, 0.15) is 18.5 Å². The van der Waals surface area contributed by atoms with Crippen molar-refractivity contribution in [3.8, 4) is 5.75 Å². The highest BCUT2D eigenvalue weighted by molar-refractivity contribution is 5.89. The lowest BCUT2D eigenvalue weighted by atomic mass is 10.0. The molecule has 3 amide bonds. The average molecular weight is 368 g/mol. The Labute approximate surface area is 158 Å². The van der Waals surface area contributed by atoms with Crippen LogP contribution in [0.15, 0.2) is 48.7 Å². The van der Waals surface area contributed by atoms with E-state index in [2.05, 4.69) is 15.6 Å². The van der Waals surface area contributed by atoms with Gasteiger partial charge in [0.1, 0.15) is 5.75 Å². The summed E-state index contributed by atoms with van der Waals surface area (Å²) in [5.74, 6) is 0.818. The first-order valence-electron chi connectivity index (χ1n) is 9.03. The van der Waals surface area contributed by atoms with Gasteiger partial charge in [-0.2, -0.15) is 0 Å². The van der Waals surface area contributed by atoms with Gasteiger partial charge in [-0.15, -0.1) is 0 Å². The Kier molecular flexibility index (Phi) is 6.25. The molecule has 142 valence electrons. The number of nitrogens with zero attached hydrogens (tertiary/aromatic N) is 2. The molecule has 1 aromatic heterocycles. The van der Waals surface area contributed by atoms with Crippen LogP contribution < -0.4 is 15.4 Å². The zero-order chi connectivity index (χ0) is 19.1. The topological polar surface area (TPSA) is 83.6 Å². The van der Waals surface area contributed by atoms with Crippen molar-refractivity contribution in [3.05, 3.63) is 54.4 Å². The Hall–Kier alpha value is -3.09. The summed E-state index contributed by atoms with van der Waals surface area (Å²) in [7, 11) is 1.60. The highest BCUT2D eigenvalue weighted by atomic mass is 16.5. The summed E-state index contributed by atoms with van der Waals surface area (Å²) in [5.41, 5.74) is 1.48. The summed E-state index contributed by atoms with van der Waals surface area (Å²) >= 11 is 0. The van der Waals surface area contributed by atoms with Gasteiger partial charge in [0, 0.05) is 36.7 Å². The van der Waals surface area contributed by atoms with Gasteiger partial charge in [0.15, 0.2) is 0 Å². The predicted molar refractivity (Wildman–Crippen MR) is 103 cm³/mol. The van der Waals surface area contributed by atoms with Crippen molar-refractivity contribution < 1.29 is 14.3 Å². The summed E-state index contributed by atoms with van der Waals surface area (Å²) in [4.78, 5) is 30.6. The second kappa shape index (κ2) is 9.02.